The molecule has 1 rings (SSSR count). The predicted molar refractivity (Wildman–Crippen MR) is 111 cm³/mol. The Balaban J connectivity index is 2.68. The summed E-state index contributed by atoms with van der Waals surface area (Å²) >= 11 is 0. The molecule has 26 heavy (non-hydrogen) atoms. The topological polar surface area (TPSA) is 55.4 Å². The van der Waals surface area contributed by atoms with Crippen molar-refractivity contribution in [3.63, 3.8) is 0 Å². The Morgan fingerprint density at radius 1 is 1.19 bits per heavy atom. The Bertz CT molecular complexity index is 488. The van der Waals surface area contributed by atoms with Crippen LogP contribution in [-0.4, -0.2) is 23.8 Å². The van der Waals surface area contributed by atoms with Gasteiger partial charge >= 0.3 is 0 Å². The summed E-state index contributed by atoms with van der Waals surface area (Å²) in [5.74, 6) is 1.36. The highest BCUT2D eigenvalue weighted by Gasteiger charge is 2.39. The summed E-state index contributed by atoms with van der Waals surface area (Å²) in [7, 11) is 2.23. The third-order valence-electron chi connectivity index (χ3n) is 6.96. The van der Waals surface area contributed by atoms with Crippen molar-refractivity contribution in [2.45, 2.75) is 99.1 Å². The minimum Gasteiger partial charge on any atom is -0.361 e. The minimum atomic E-state index is -0.664. The van der Waals surface area contributed by atoms with Crippen molar-refractivity contribution >= 4 is 21.2 Å². The number of hydrogen-bond donors (Lipinski definition) is 1. The van der Waals surface area contributed by atoms with E-state index in [0.29, 0.717) is 18.3 Å². The summed E-state index contributed by atoms with van der Waals surface area (Å²) in [4.78, 5) is 24.8. The van der Waals surface area contributed by atoms with Crippen LogP contribution in [0.3, 0.4) is 0 Å². The van der Waals surface area contributed by atoms with Crippen molar-refractivity contribution in [3.8, 4) is 0 Å². The summed E-state index contributed by atoms with van der Waals surface area (Å²) in [6, 6.07) is 0.231. The molecule has 4 atom stereocenters. The van der Waals surface area contributed by atoms with Gasteiger partial charge in [-0.2, -0.15) is 0 Å². The molecule has 0 heterocycles. The summed E-state index contributed by atoms with van der Waals surface area (Å²) < 4.78 is 5.44. The Hall–Kier alpha value is -0.470. The molecule has 0 aromatic rings. The lowest BCUT2D eigenvalue weighted by Gasteiger charge is -2.43. The maximum absolute atomic E-state index is 12.6. The number of ketones is 1. The third-order valence-corrected chi connectivity index (χ3v) is 7.29. The van der Waals surface area contributed by atoms with Gasteiger partial charge in [-0.15, -0.1) is 0 Å². The first-order chi connectivity index (χ1) is 12.0. The maximum atomic E-state index is 12.6. The SMILES string of the molecule is CCC(=O)C(C)(C)[C@H](CC(=O)NC1CCCC(C(C)(C)C(C)C)C1)OP. The van der Waals surface area contributed by atoms with Gasteiger partial charge in [-0.05, 0) is 36.5 Å². The van der Waals surface area contributed by atoms with Gasteiger partial charge in [0.2, 0.25) is 5.91 Å². The van der Waals surface area contributed by atoms with Crippen molar-refractivity contribution in [2.75, 3.05) is 0 Å². The molecule has 1 fully saturated rings. The van der Waals surface area contributed by atoms with Crippen LogP contribution in [0.25, 0.3) is 0 Å². The molecule has 152 valence electrons. The Kier molecular flexibility index (Phi) is 8.74. The number of nitrogens with one attached hydrogen (secondary N) is 1. The molecule has 0 aromatic carbocycles. The molecule has 1 aliphatic rings. The van der Waals surface area contributed by atoms with Crippen LogP contribution in [0.5, 0.6) is 0 Å². The van der Waals surface area contributed by atoms with E-state index >= 15 is 0 Å². The first kappa shape index (κ1) is 23.6. The lowest BCUT2D eigenvalue weighted by Crippen LogP contribution is -2.45. The average molecular weight is 386 g/mol. The molecule has 1 N–H and O–H groups in total. The van der Waals surface area contributed by atoms with E-state index in [0.717, 1.165) is 19.3 Å². The molecule has 0 bridgehead atoms. The zero-order valence-electron chi connectivity index (χ0n) is 17.9. The van der Waals surface area contributed by atoms with Crippen molar-refractivity contribution in [2.24, 2.45) is 22.7 Å². The molecule has 0 saturated heterocycles. The fraction of sp³-hybridized carbons (Fsp3) is 0.905. The Labute approximate surface area is 162 Å². The molecule has 1 amide bonds. The quantitative estimate of drug-likeness (QED) is 0.574. The highest BCUT2D eigenvalue weighted by Crippen LogP contribution is 2.43. The van der Waals surface area contributed by atoms with Crippen LogP contribution >= 0.6 is 9.47 Å². The average Bonchev–Trinajstić information content (AvgIpc) is 2.58. The second kappa shape index (κ2) is 9.64. The fourth-order valence-electron chi connectivity index (χ4n) is 4.03. The van der Waals surface area contributed by atoms with Crippen LogP contribution in [0.2, 0.25) is 0 Å². The van der Waals surface area contributed by atoms with E-state index in [9.17, 15) is 9.59 Å². The smallest absolute Gasteiger partial charge is 0.222 e. The monoisotopic (exact) mass is 385 g/mol. The van der Waals surface area contributed by atoms with Crippen molar-refractivity contribution in [1.82, 2.24) is 5.32 Å². The summed E-state index contributed by atoms with van der Waals surface area (Å²) in [6.45, 7) is 14.9. The van der Waals surface area contributed by atoms with Gasteiger partial charge in [0.1, 0.15) is 5.78 Å². The first-order valence-electron chi connectivity index (χ1n) is 10.1. The second-order valence-electron chi connectivity index (χ2n) is 9.43. The maximum Gasteiger partial charge on any atom is 0.222 e. The molecule has 0 spiro atoms. The van der Waals surface area contributed by atoms with E-state index in [4.69, 9.17) is 4.52 Å². The van der Waals surface area contributed by atoms with Gasteiger partial charge in [0.25, 0.3) is 0 Å². The van der Waals surface area contributed by atoms with E-state index in [-0.39, 0.29) is 29.6 Å². The number of carbonyl (C=O) groups is 2. The van der Waals surface area contributed by atoms with Crippen LogP contribution in [0, 0.1) is 22.7 Å². The van der Waals surface area contributed by atoms with Gasteiger partial charge in [-0.25, -0.2) is 0 Å². The molecule has 1 aliphatic carbocycles. The predicted octanol–water partition coefficient (Wildman–Crippen LogP) is 4.91. The van der Waals surface area contributed by atoms with E-state index in [2.05, 4.69) is 42.5 Å². The molecule has 1 saturated carbocycles. The van der Waals surface area contributed by atoms with Crippen molar-refractivity contribution in [3.05, 3.63) is 0 Å². The van der Waals surface area contributed by atoms with E-state index in [1.807, 2.05) is 20.8 Å². The highest BCUT2D eigenvalue weighted by molar-refractivity contribution is 7.09. The third kappa shape index (κ3) is 5.76. The number of carbonyl (C=O) groups excluding carboxylic acids is 2. The summed E-state index contributed by atoms with van der Waals surface area (Å²) in [5, 5.41) is 3.21. The van der Waals surface area contributed by atoms with Gasteiger partial charge in [-0.3, -0.25) is 9.59 Å². The molecule has 0 radical (unpaired) electrons. The van der Waals surface area contributed by atoms with Crippen LogP contribution in [0.15, 0.2) is 0 Å². The molecule has 0 aromatic heterocycles. The molecule has 5 heteroatoms. The van der Waals surface area contributed by atoms with Gasteiger partial charge in [-0.1, -0.05) is 54.9 Å². The summed E-state index contributed by atoms with van der Waals surface area (Å²) in [5.41, 5.74) is -0.382. The second-order valence-corrected chi connectivity index (χ2v) is 9.70. The molecule has 4 nitrogen and oxygen atoms in total. The van der Waals surface area contributed by atoms with Crippen LogP contribution in [0.1, 0.15) is 87.0 Å². The molecular weight excluding hydrogens is 345 g/mol. The van der Waals surface area contributed by atoms with E-state index in [1.165, 1.54) is 6.42 Å². The Morgan fingerprint density at radius 2 is 1.81 bits per heavy atom. The highest BCUT2D eigenvalue weighted by atomic mass is 31.0. The van der Waals surface area contributed by atoms with E-state index in [1.54, 1.807) is 0 Å². The van der Waals surface area contributed by atoms with Crippen molar-refractivity contribution < 1.29 is 14.1 Å². The van der Waals surface area contributed by atoms with Crippen LogP contribution in [-0.2, 0) is 14.1 Å². The number of hydrogen-bond acceptors (Lipinski definition) is 3. The first-order valence-corrected chi connectivity index (χ1v) is 10.6. The number of Topliss-reactive ketones (excluding diaryl/α,β-unsaturated/α-hetero) is 1. The van der Waals surface area contributed by atoms with Gasteiger partial charge in [0.05, 0.1) is 17.9 Å². The van der Waals surface area contributed by atoms with Crippen LogP contribution < -0.4 is 5.32 Å². The minimum absolute atomic E-state index is 0.0116. The van der Waals surface area contributed by atoms with Crippen molar-refractivity contribution in [1.29, 1.82) is 0 Å². The fourth-order valence-corrected chi connectivity index (χ4v) is 4.47. The lowest BCUT2D eigenvalue weighted by atomic mass is 9.64. The summed E-state index contributed by atoms with van der Waals surface area (Å²) in [6.07, 6.45) is 4.74. The molecule has 0 aliphatic heterocycles. The largest absolute Gasteiger partial charge is 0.361 e. The molecular formula is C21H40NO3P. The zero-order valence-corrected chi connectivity index (χ0v) is 19.0. The van der Waals surface area contributed by atoms with Gasteiger partial charge in [0, 0.05) is 21.9 Å². The zero-order chi connectivity index (χ0) is 20.1. The van der Waals surface area contributed by atoms with Gasteiger partial charge in [0.15, 0.2) is 0 Å². The molecule has 3 unspecified atom stereocenters. The standard InChI is InChI=1S/C21H40NO3P/c1-8-17(23)21(6,7)18(25-26)13-19(24)22-16-11-9-10-15(12-16)20(4,5)14(2)3/h14-16,18H,8-13,26H2,1-7H3,(H,22,24)/t15?,16?,18-/m0/s1. The number of amides is 1. The van der Waals surface area contributed by atoms with E-state index < -0.39 is 11.5 Å². The van der Waals surface area contributed by atoms with Crippen LogP contribution in [0.4, 0.5) is 0 Å². The number of rotatable bonds is 9. The van der Waals surface area contributed by atoms with Gasteiger partial charge < -0.3 is 9.84 Å². The lowest BCUT2D eigenvalue weighted by molar-refractivity contribution is -0.134. The Morgan fingerprint density at radius 3 is 2.31 bits per heavy atom. The normalized spacial score (nSPS) is 23.0.